The fourth-order valence-electron chi connectivity index (χ4n) is 3.04. The van der Waals surface area contributed by atoms with Gasteiger partial charge in [-0.1, -0.05) is 24.3 Å². The Kier molecular flexibility index (Phi) is 3.40. The Morgan fingerprint density at radius 1 is 1.17 bits per heavy atom. The van der Waals surface area contributed by atoms with Crippen LogP contribution in [0.3, 0.4) is 0 Å². The summed E-state index contributed by atoms with van der Waals surface area (Å²) >= 11 is 0. The summed E-state index contributed by atoms with van der Waals surface area (Å²) in [6.07, 6.45) is 5.06. The van der Waals surface area contributed by atoms with E-state index in [-0.39, 0.29) is 0 Å². The molecular formula is C16H24N2. The van der Waals surface area contributed by atoms with Crippen LogP contribution in [0.25, 0.3) is 0 Å². The van der Waals surface area contributed by atoms with E-state index < -0.39 is 0 Å². The van der Waals surface area contributed by atoms with E-state index in [1.54, 1.807) is 0 Å². The van der Waals surface area contributed by atoms with Crippen molar-refractivity contribution >= 4 is 0 Å². The molecule has 18 heavy (non-hydrogen) atoms. The lowest BCUT2D eigenvalue weighted by atomic mass is 9.98. The van der Waals surface area contributed by atoms with Crippen molar-refractivity contribution in [3.8, 4) is 0 Å². The molecule has 2 nitrogen and oxygen atoms in total. The number of nitrogens with zero attached hydrogens (tertiary/aromatic N) is 1. The molecule has 2 atom stereocenters. The summed E-state index contributed by atoms with van der Waals surface area (Å²) in [5.41, 5.74) is 8.99. The van der Waals surface area contributed by atoms with Gasteiger partial charge < -0.3 is 5.73 Å². The molecule has 2 N–H and O–H groups in total. The minimum atomic E-state index is 0.411. The third kappa shape index (κ3) is 2.76. The van der Waals surface area contributed by atoms with Crippen molar-refractivity contribution in [2.24, 2.45) is 5.73 Å². The van der Waals surface area contributed by atoms with Crippen molar-refractivity contribution in [3.63, 3.8) is 0 Å². The van der Waals surface area contributed by atoms with Crippen molar-refractivity contribution < 1.29 is 0 Å². The predicted octanol–water partition coefficient (Wildman–Crippen LogP) is 2.88. The van der Waals surface area contributed by atoms with Gasteiger partial charge in [-0.15, -0.1) is 0 Å². The van der Waals surface area contributed by atoms with E-state index in [0.717, 1.165) is 31.8 Å². The van der Waals surface area contributed by atoms with E-state index in [2.05, 4.69) is 36.1 Å². The SMILES string of the molecule is CC1CC(N)CCN1Cc1ccc(C2CC2)cc1. The maximum absolute atomic E-state index is 6.01. The van der Waals surface area contributed by atoms with E-state index in [1.807, 2.05) is 0 Å². The topological polar surface area (TPSA) is 29.3 Å². The van der Waals surface area contributed by atoms with E-state index in [9.17, 15) is 0 Å². The maximum atomic E-state index is 6.01. The minimum absolute atomic E-state index is 0.411. The summed E-state index contributed by atoms with van der Waals surface area (Å²) in [7, 11) is 0. The average molecular weight is 244 g/mol. The maximum Gasteiger partial charge on any atom is 0.0236 e. The summed E-state index contributed by atoms with van der Waals surface area (Å²) in [6, 6.07) is 10.3. The van der Waals surface area contributed by atoms with Crippen LogP contribution in [0.5, 0.6) is 0 Å². The van der Waals surface area contributed by atoms with Gasteiger partial charge in [-0.3, -0.25) is 4.90 Å². The summed E-state index contributed by atoms with van der Waals surface area (Å²) in [6.45, 7) is 4.53. The molecule has 1 aliphatic carbocycles. The molecular weight excluding hydrogens is 220 g/mol. The molecule has 0 radical (unpaired) electrons. The molecule has 0 bridgehead atoms. The zero-order valence-corrected chi connectivity index (χ0v) is 11.3. The molecule has 1 saturated heterocycles. The predicted molar refractivity (Wildman–Crippen MR) is 75.5 cm³/mol. The highest BCUT2D eigenvalue weighted by Gasteiger charge is 2.24. The molecule has 1 aromatic rings. The van der Waals surface area contributed by atoms with Gasteiger partial charge in [0.05, 0.1) is 0 Å². The zero-order valence-electron chi connectivity index (χ0n) is 11.3. The van der Waals surface area contributed by atoms with Gasteiger partial charge in [-0.25, -0.2) is 0 Å². The fraction of sp³-hybridized carbons (Fsp3) is 0.625. The second-order valence-electron chi connectivity index (χ2n) is 6.12. The summed E-state index contributed by atoms with van der Waals surface area (Å²) in [5.74, 6) is 0.867. The number of likely N-dealkylation sites (tertiary alicyclic amines) is 1. The molecule has 2 aliphatic rings. The smallest absolute Gasteiger partial charge is 0.0236 e. The minimum Gasteiger partial charge on any atom is -0.328 e. The number of hydrogen-bond donors (Lipinski definition) is 1. The van der Waals surface area contributed by atoms with Gasteiger partial charge in [0, 0.05) is 25.2 Å². The van der Waals surface area contributed by atoms with Crippen LogP contribution >= 0.6 is 0 Å². The monoisotopic (exact) mass is 244 g/mol. The number of nitrogens with two attached hydrogens (primary N) is 1. The first-order chi connectivity index (χ1) is 8.72. The van der Waals surface area contributed by atoms with Gasteiger partial charge in [0.2, 0.25) is 0 Å². The molecule has 2 fully saturated rings. The van der Waals surface area contributed by atoms with Crippen LogP contribution in [-0.4, -0.2) is 23.5 Å². The van der Waals surface area contributed by atoms with Crippen LogP contribution in [-0.2, 0) is 6.54 Å². The lowest BCUT2D eigenvalue weighted by molar-refractivity contribution is 0.140. The molecule has 98 valence electrons. The Balaban J connectivity index is 1.61. The Morgan fingerprint density at radius 2 is 1.89 bits per heavy atom. The molecule has 3 rings (SSSR count). The highest BCUT2D eigenvalue weighted by Crippen LogP contribution is 2.39. The Morgan fingerprint density at radius 3 is 2.50 bits per heavy atom. The van der Waals surface area contributed by atoms with E-state index in [4.69, 9.17) is 5.73 Å². The summed E-state index contributed by atoms with van der Waals surface area (Å²) < 4.78 is 0. The molecule has 0 aromatic heterocycles. The van der Waals surface area contributed by atoms with Crippen molar-refractivity contribution in [3.05, 3.63) is 35.4 Å². The molecule has 2 unspecified atom stereocenters. The molecule has 1 heterocycles. The Labute approximate surface area is 110 Å². The number of benzene rings is 1. The van der Waals surface area contributed by atoms with Crippen LogP contribution < -0.4 is 5.73 Å². The van der Waals surface area contributed by atoms with Crippen molar-refractivity contribution in [1.29, 1.82) is 0 Å². The first-order valence-electron chi connectivity index (χ1n) is 7.31. The van der Waals surface area contributed by atoms with Crippen LogP contribution in [0.15, 0.2) is 24.3 Å². The molecule has 1 aromatic carbocycles. The summed E-state index contributed by atoms with van der Waals surface area (Å²) in [5, 5.41) is 0. The van der Waals surface area contributed by atoms with Crippen LogP contribution in [0, 0.1) is 0 Å². The molecule has 0 amide bonds. The number of hydrogen-bond acceptors (Lipinski definition) is 2. The zero-order chi connectivity index (χ0) is 12.5. The van der Waals surface area contributed by atoms with Gasteiger partial charge in [-0.2, -0.15) is 0 Å². The third-order valence-electron chi connectivity index (χ3n) is 4.47. The van der Waals surface area contributed by atoms with Crippen molar-refractivity contribution in [2.75, 3.05) is 6.54 Å². The fourth-order valence-corrected chi connectivity index (χ4v) is 3.04. The lowest BCUT2D eigenvalue weighted by Crippen LogP contribution is -2.44. The van der Waals surface area contributed by atoms with E-state index in [1.165, 1.54) is 24.0 Å². The van der Waals surface area contributed by atoms with Crippen LogP contribution in [0.1, 0.15) is 49.7 Å². The number of rotatable bonds is 3. The Hall–Kier alpha value is -0.860. The van der Waals surface area contributed by atoms with Gasteiger partial charge >= 0.3 is 0 Å². The first-order valence-corrected chi connectivity index (χ1v) is 7.31. The van der Waals surface area contributed by atoms with Gasteiger partial charge in [0.25, 0.3) is 0 Å². The van der Waals surface area contributed by atoms with Crippen LogP contribution in [0.4, 0.5) is 0 Å². The molecule has 1 aliphatic heterocycles. The van der Waals surface area contributed by atoms with E-state index >= 15 is 0 Å². The van der Waals surface area contributed by atoms with Gasteiger partial charge in [0.1, 0.15) is 0 Å². The number of piperidine rings is 1. The standard InChI is InChI=1S/C16H24N2/c1-12-10-16(17)8-9-18(12)11-13-2-4-14(5-3-13)15-6-7-15/h2-5,12,15-16H,6-11,17H2,1H3. The van der Waals surface area contributed by atoms with E-state index in [0.29, 0.717) is 12.1 Å². The first kappa shape index (κ1) is 12.2. The lowest BCUT2D eigenvalue weighted by Gasteiger charge is -2.36. The van der Waals surface area contributed by atoms with Crippen molar-refractivity contribution in [1.82, 2.24) is 4.90 Å². The second kappa shape index (κ2) is 5.02. The molecule has 0 spiro atoms. The quantitative estimate of drug-likeness (QED) is 0.886. The highest BCUT2D eigenvalue weighted by molar-refractivity contribution is 5.28. The highest BCUT2D eigenvalue weighted by atomic mass is 15.2. The Bertz CT molecular complexity index is 394. The molecule has 1 saturated carbocycles. The van der Waals surface area contributed by atoms with Crippen LogP contribution in [0.2, 0.25) is 0 Å². The second-order valence-corrected chi connectivity index (χ2v) is 6.12. The molecule has 2 heteroatoms. The average Bonchev–Trinajstić information content (AvgIpc) is 3.18. The largest absolute Gasteiger partial charge is 0.328 e. The summed E-state index contributed by atoms with van der Waals surface area (Å²) in [4.78, 5) is 2.56. The van der Waals surface area contributed by atoms with Gasteiger partial charge in [-0.05, 0) is 49.7 Å². The normalized spacial score (nSPS) is 29.4. The van der Waals surface area contributed by atoms with Gasteiger partial charge in [0.15, 0.2) is 0 Å². The third-order valence-corrected chi connectivity index (χ3v) is 4.47. The van der Waals surface area contributed by atoms with Crippen molar-refractivity contribution in [2.45, 2.75) is 57.2 Å².